The summed E-state index contributed by atoms with van der Waals surface area (Å²) >= 11 is 5.76. The summed E-state index contributed by atoms with van der Waals surface area (Å²) in [4.78, 5) is 18.2. The van der Waals surface area contributed by atoms with E-state index < -0.39 is 0 Å². The Hall–Kier alpha value is -1.91. The second-order valence-corrected chi connectivity index (χ2v) is 5.32. The molecule has 1 aromatic heterocycles. The third kappa shape index (κ3) is 4.55. The van der Waals surface area contributed by atoms with Crippen LogP contribution in [0.15, 0.2) is 48.7 Å². The van der Waals surface area contributed by atoms with Crippen molar-refractivity contribution in [1.82, 2.24) is 9.88 Å². The zero-order valence-corrected chi connectivity index (χ0v) is 12.8. The van der Waals surface area contributed by atoms with Gasteiger partial charge in [-0.2, -0.15) is 0 Å². The normalized spacial score (nSPS) is 12.2. The summed E-state index contributed by atoms with van der Waals surface area (Å²) in [6, 6.07) is 12.8. The third-order valence-corrected chi connectivity index (χ3v) is 3.53. The number of amides is 1. The molecule has 0 radical (unpaired) electrons. The van der Waals surface area contributed by atoms with Crippen molar-refractivity contribution in [2.24, 2.45) is 0 Å². The van der Waals surface area contributed by atoms with Crippen LogP contribution in [0.5, 0.6) is 0 Å². The molecular weight excluding hydrogens is 286 g/mol. The van der Waals surface area contributed by atoms with Gasteiger partial charge < -0.3 is 5.32 Å². The van der Waals surface area contributed by atoms with E-state index >= 15 is 0 Å². The van der Waals surface area contributed by atoms with Crippen LogP contribution in [0.2, 0.25) is 5.15 Å². The molecule has 2 aromatic rings. The summed E-state index contributed by atoms with van der Waals surface area (Å²) in [5, 5.41) is 3.37. The molecule has 110 valence electrons. The molecule has 0 unspecified atom stereocenters. The number of anilines is 1. The molecule has 4 nitrogen and oxygen atoms in total. The number of aromatic nitrogens is 1. The van der Waals surface area contributed by atoms with E-state index in [-0.39, 0.29) is 11.9 Å². The molecule has 0 aliphatic carbocycles. The number of halogens is 1. The molecule has 0 aliphatic heterocycles. The summed E-state index contributed by atoms with van der Waals surface area (Å²) < 4.78 is 0. The van der Waals surface area contributed by atoms with Crippen LogP contribution in [0.3, 0.4) is 0 Å². The number of benzene rings is 1. The average molecular weight is 304 g/mol. The van der Waals surface area contributed by atoms with E-state index in [2.05, 4.69) is 10.3 Å². The maximum atomic E-state index is 12.2. The molecule has 0 saturated heterocycles. The number of hydrogen-bond donors (Lipinski definition) is 1. The molecule has 0 fully saturated rings. The van der Waals surface area contributed by atoms with Gasteiger partial charge in [0.2, 0.25) is 5.91 Å². The van der Waals surface area contributed by atoms with Crippen LogP contribution in [0.4, 0.5) is 5.69 Å². The number of rotatable bonds is 5. The highest BCUT2D eigenvalue weighted by Crippen LogP contribution is 2.11. The first-order valence-corrected chi connectivity index (χ1v) is 7.10. The van der Waals surface area contributed by atoms with Crippen molar-refractivity contribution in [1.29, 1.82) is 0 Å². The molecular formula is C16H18ClN3O. The zero-order chi connectivity index (χ0) is 15.2. The van der Waals surface area contributed by atoms with Gasteiger partial charge in [0.1, 0.15) is 5.15 Å². The lowest BCUT2D eigenvalue weighted by molar-refractivity contribution is -0.120. The molecule has 2 rings (SSSR count). The lowest BCUT2D eigenvalue weighted by Crippen LogP contribution is -2.39. The van der Waals surface area contributed by atoms with Gasteiger partial charge in [-0.05, 0) is 37.7 Å². The van der Waals surface area contributed by atoms with Crippen LogP contribution in [0, 0.1) is 0 Å². The van der Waals surface area contributed by atoms with E-state index in [4.69, 9.17) is 11.6 Å². The van der Waals surface area contributed by atoms with Crippen LogP contribution in [0.25, 0.3) is 0 Å². The highest BCUT2D eigenvalue weighted by Gasteiger charge is 2.18. The van der Waals surface area contributed by atoms with E-state index in [1.807, 2.05) is 55.3 Å². The van der Waals surface area contributed by atoms with Gasteiger partial charge >= 0.3 is 0 Å². The third-order valence-electron chi connectivity index (χ3n) is 3.30. The van der Waals surface area contributed by atoms with Crippen molar-refractivity contribution in [2.75, 3.05) is 12.4 Å². The molecule has 1 aromatic carbocycles. The fraction of sp³-hybridized carbons (Fsp3) is 0.250. The SMILES string of the molecule is C[C@H](C(=O)Nc1ccccc1)N(C)Cc1ccc(Cl)nc1. The van der Waals surface area contributed by atoms with Gasteiger partial charge in [-0.3, -0.25) is 9.69 Å². The molecule has 0 aliphatic rings. The Balaban J connectivity index is 1.93. The highest BCUT2D eigenvalue weighted by molar-refractivity contribution is 6.29. The fourth-order valence-electron chi connectivity index (χ4n) is 1.89. The molecule has 1 atom stereocenters. The Morgan fingerprint density at radius 2 is 2.00 bits per heavy atom. The minimum Gasteiger partial charge on any atom is -0.325 e. The predicted octanol–water partition coefficient (Wildman–Crippen LogP) is 3.19. The van der Waals surface area contributed by atoms with Gasteiger partial charge in [-0.25, -0.2) is 4.98 Å². The Bertz CT molecular complexity index is 586. The fourth-order valence-corrected chi connectivity index (χ4v) is 2.01. The Labute approximate surface area is 129 Å². The molecule has 0 spiro atoms. The summed E-state index contributed by atoms with van der Waals surface area (Å²) in [6.45, 7) is 2.51. The largest absolute Gasteiger partial charge is 0.325 e. The van der Waals surface area contributed by atoms with Crippen molar-refractivity contribution in [3.8, 4) is 0 Å². The molecule has 0 saturated carbocycles. The standard InChI is InChI=1S/C16H18ClN3O/c1-12(16(21)19-14-6-4-3-5-7-14)20(2)11-13-8-9-15(17)18-10-13/h3-10,12H,11H2,1-2H3,(H,19,21)/t12-/m1/s1. The van der Waals surface area contributed by atoms with E-state index in [0.29, 0.717) is 11.7 Å². The average Bonchev–Trinajstić information content (AvgIpc) is 2.49. The number of likely N-dealkylation sites (N-methyl/N-ethyl adjacent to an activating group) is 1. The molecule has 1 amide bonds. The number of carbonyl (C=O) groups excluding carboxylic acids is 1. The van der Waals surface area contributed by atoms with Crippen LogP contribution >= 0.6 is 11.6 Å². The van der Waals surface area contributed by atoms with E-state index in [1.165, 1.54) is 0 Å². The lowest BCUT2D eigenvalue weighted by Gasteiger charge is -2.23. The number of nitrogens with zero attached hydrogens (tertiary/aromatic N) is 2. The van der Waals surface area contributed by atoms with Crippen LogP contribution in [-0.2, 0) is 11.3 Å². The van der Waals surface area contributed by atoms with Gasteiger partial charge in [0, 0.05) is 18.4 Å². The molecule has 5 heteroatoms. The molecule has 1 heterocycles. The van der Waals surface area contributed by atoms with Crippen molar-refractivity contribution in [2.45, 2.75) is 19.5 Å². The smallest absolute Gasteiger partial charge is 0.241 e. The maximum absolute atomic E-state index is 12.2. The zero-order valence-electron chi connectivity index (χ0n) is 12.1. The van der Waals surface area contributed by atoms with Crippen molar-refractivity contribution < 1.29 is 4.79 Å². The van der Waals surface area contributed by atoms with Crippen molar-refractivity contribution in [3.63, 3.8) is 0 Å². The first-order valence-electron chi connectivity index (χ1n) is 6.73. The van der Waals surface area contributed by atoms with E-state index in [9.17, 15) is 4.79 Å². The van der Waals surface area contributed by atoms with Crippen LogP contribution < -0.4 is 5.32 Å². The molecule has 21 heavy (non-hydrogen) atoms. The summed E-state index contributed by atoms with van der Waals surface area (Å²) in [6.07, 6.45) is 1.72. The number of nitrogens with one attached hydrogen (secondary N) is 1. The maximum Gasteiger partial charge on any atom is 0.241 e. The minimum atomic E-state index is -0.249. The topological polar surface area (TPSA) is 45.2 Å². The summed E-state index contributed by atoms with van der Waals surface area (Å²) in [7, 11) is 1.91. The quantitative estimate of drug-likeness (QED) is 0.863. The van der Waals surface area contributed by atoms with Gasteiger partial charge in [-0.1, -0.05) is 35.9 Å². The Morgan fingerprint density at radius 3 is 2.62 bits per heavy atom. The van der Waals surface area contributed by atoms with Gasteiger partial charge in [0.15, 0.2) is 0 Å². The summed E-state index contributed by atoms with van der Waals surface area (Å²) in [5.41, 5.74) is 1.82. The number of pyridine rings is 1. The predicted molar refractivity (Wildman–Crippen MR) is 85.2 cm³/mol. The van der Waals surface area contributed by atoms with Crippen molar-refractivity contribution >= 4 is 23.2 Å². The minimum absolute atomic E-state index is 0.0365. The van der Waals surface area contributed by atoms with E-state index in [0.717, 1.165) is 11.3 Å². The van der Waals surface area contributed by atoms with Gasteiger partial charge in [0.05, 0.1) is 6.04 Å². The first-order chi connectivity index (χ1) is 10.1. The first kappa shape index (κ1) is 15.5. The molecule has 1 N–H and O–H groups in total. The number of para-hydroxylation sites is 1. The second kappa shape index (κ2) is 7.20. The van der Waals surface area contributed by atoms with Crippen LogP contribution in [0.1, 0.15) is 12.5 Å². The number of hydrogen-bond acceptors (Lipinski definition) is 3. The lowest BCUT2D eigenvalue weighted by atomic mass is 10.2. The highest BCUT2D eigenvalue weighted by atomic mass is 35.5. The number of carbonyl (C=O) groups is 1. The Kier molecular flexibility index (Phi) is 5.31. The van der Waals surface area contributed by atoms with Crippen LogP contribution in [-0.4, -0.2) is 28.9 Å². The monoisotopic (exact) mass is 303 g/mol. The van der Waals surface area contributed by atoms with E-state index in [1.54, 1.807) is 12.3 Å². The van der Waals surface area contributed by atoms with Crippen molar-refractivity contribution in [3.05, 3.63) is 59.4 Å². The van der Waals surface area contributed by atoms with Gasteiger partial charge in [0.25, 0.3) is 0 Å². The Morgan fingerprint density at radius 1 is 1.29 bits per heavy atom. The van der Waals surface area contributed by atoms with Gasteiger partial charge in [-0.15, -0.1) is 0 Å². The second-order valence-electron chi connectivity index (χ2n) is 4.94. The molecule has 0 bridgehead atoms. The summed E-state index contributed by atoms with van der Waals surface area (Å²) in [5.74, 6) is -0.0365.